The molecule has 1 rings (SSSR count). The van der Waals surface area contributed by atoms with E-state index in [-0.39, 0.29) is 0 Å². The first kappa shape index (κ1) is 12.9. The first-order valence-corrected chi connectivity index (χ1v) is 6.21. The van der Waals surface area contributed by atoms with Crippen molar-refractivity contribution in [1.29, 1.82) is 0 Å². The van der Waals surface area contributed by atoms with Gasteiger partial charge in [0.15, 0.2) is 0 Å². The van der Waals surface area contributed by atoms with E-state index in [0.29, 0.717) is 5.92 Å². The van der Waals surface area contributed by atoms with Crippen LogP contribution in [0.15, 0.2) is 0 Å². The van der Waals surface area contributed by atoms with Crippen molar-refractivity contribution in [2.45, 2.75) is 38.6 Å². The average molecular weight is 214 g/mol. The lowest BCUT2D eigenvalue weighted by Gasteiger charge is -2.22. The van der Waals surface area contributed by atoms with Gasteiger partial charge in [-0.15, -0.1) is 0 Å². The van der Waals surface area contributed by atoms with E-state index in [1.165, 1.54) is 32.2 Å². The highest BCUT2D eigenvalue weighted by Gasteiger charge is 2.27. The van der Waals surface area contributed by atoms with Crippen LogP contribution in [0.25, 0.3) is 0 Å². The van der Waals surface area contributed by atoms with Crippen LogP contribution in [0.5, 0.6) is 0 Å². The first-order valence-electron chi connectivity index (χ1n) is 6.21. The number of methoxy groups -OCH3 is 1. The summed E-state index contributed by atoms with van der Waals surface area (Å²) in [6, 6.07) is 0.855. The molecule has 3 nitrogen and oxygen atoms in total. The summed E-state index contributed by atoms with van der Waals surface area (Å²) < 4.78 is 5.14. The third kappa shape index (κ3) is 5.50. The Morgan fingerprint density at radius 2 is 2.13 bits per heavy atom. The molecule has 1 aliphatic rings. The van der Waals surface area contributed by atoms with E-state index >= 15 is 0 Å². The summed E-state index contributed by atoms with van der Waals surface area (Å²) in [6.45, 7) is 6.23. The molecule has 0 aromatic carbocycles. The molecular weight excluding hydrogens is 188 g/mol. The summed E-state index contributed by atoms with van der Waals surface area (Å²) >= 11 is 0. The summed E-state index contributed by atoms with van der Waals surface area (Å²) in [7, 11) is 1.78. The lowest BCUT2D eigenvalue weighted by atomic mass is 10.1. The summed E-state index contributed by atoms with van der Waals surface area (Å²) in [5.74, 6) is 0.675. The lowest BCUT2D eigenvalue weighted by molar-refractivity contribution is 0.141. The zero-order chi connectivity index (χ0) is 11.1. The smallest absolute Gasteiger partial charge is 0.0589 e. The molecule has 1 atom stereocenters. The van der Waals surface area contributed by atoms with Gasteiger partial charge in [0.05, 0.1) is 6.61 Å². The highest BCUT2D eigenvalue weighted by Crippen LogP contribution is 2.26. The van der Waals surface area contributed by atoms with Gasteiger partial charge in [-0.2, -0.15) is 0 Å². The fourth-order valence-electron chi connectivity index (χ4n) is 1.89. The van der Waals surface area contributed by atoms with Crippen LogP contribution in [0.4, 0.5) is 0 Å². The molecule has 0 heterocycles. The van der Waals surface area contributed by atoms with Gasteiger partial charge < -0.3 is 10.5 Å². The number of rotatable bonds is 9. The standard InChI is InChI=1S/C12H26N2O/c1-11(10-13)4-3-7-14(8-9-15-2)12-5-6-12/h11-12H,3-10,13H2,1-2H3. The minimum Gasteiger partial charge on any atom is -0.383 e. The number of hydrogen-bond acceptors (Lipinski definition) is 3. The quantitative estimate of drug-likeness (QED) is 0.632. The summed E-state index contributed by atoms with van der Waals surface area (Å²) in [5, 5.41) is 0. The maximum atomic E-state index is 5.61. The molecule has 0 amide bonds. The normalized spacial score (nSPS) is 18.4. The molecule has 2 N–H and O–H groups in total. The van der Waals surface area contributed by atoms with Crippen LogP contribution < -0.4 is 5.73 Å². The Bertz CT molecular complexity index is 160. The molecular formula is C12H26N2O. The van der Waals surface area contributed by atoms with Crippen molar-refractivity contribution in [1.82, 2.24) is 4.90 Å². The SMILES string of the molecule is COCCN(CCCC(C)CN)C1CC1. The molecule has 0 saturated heterocycles. The van der Waals surface area contributed by atoms with E-state index in [2.05, 4.69) is 11.8 Å². The second kappa shape index (κ2) is 7.20. The number of ether oxygens (including phenoxy) is 1. The molecule has 15 heavy (non-hydrogen) atoms. The third-order valence-electron chi connectivity index (χ3n) is 3.19. The zero-order valence-corrected chi connectivity index (χ0v) is 10.2. The molecule has 1 saturated carbocycles. The van der Waals surface area contributed by atoms with Gasteiger partial charge in [-0.05, 0) is 44.7 Å². The maximum Gasteiger partial charge on any atom is 0.0589 e. The van der Waals surface area contributed by atoms with Crippen LogP contribution in [-0.4, -0.2) is 44.3 Å². The van der Waals surface area contributed by atoms with Crippen LogP contribution >= 0.6 is 0 Å². The van der Waals surface area contributed by atoms with Crippen LogP contribution in [0, 0.1) is 5.92 Å². The van der Waals surface area contributed by atoms with Crippen LogP contribution in [0.1, 0.15) is 32.6 Å². The predicted octanol–water partition coefficient (Wildman–Crippen LogP) is 1.47. The Balaban J connectivity index is 2.08. The average Bonchev–Trinajstić information content (AvgIpc) is 3.06. The van der Waals surface area contributed by atoms with Gasteiger partial charge in [-0.1, -0.05) is 6.92 Å². The first-order chi connectivity index (χ1) is 7.27. The molecule has 3 heteroatoms. The topological polar surface area (TPSA) is 38.5 Å². The predicted molar refractivity (Wildman–Crippen MR) is 63.9 cm³/mol. The number of nitrogens with zero attached hydrogens (tertiary/aromatic N) is 1. The molecule has 0 radical (unpaired) electrons. The highest BCUT2D eigenvalue weighted by molar-refractivity contribution is 4.84. The Hall–Kier alpha value is -0.120. The largest absolute Gasteiger partial charge is 0.383 e. The monoisotopic (exact) mass is 214 g/mol. The van der Waals surface area contributed by atoms with Crippen molar-refractivity contribution in [2.75, 3.05) is 33.4 Å². The van der Waals surface area contributed by atoms with Gasteiger partial charge in [0.1, 0.15) is 0 Å². The summed E-state index contributed by atoms with van der Waals surface area (Å²) in [6.07, 6.45) is 5.30. The fourth-order valence-corrected chi connectivity index (χ4v) is 1.89. The lowest BCUT2D eigenvalue weighted by Crippen LogP contribution is -2.31. The molecule has 1 aliphatic carbocycles. The van der Waals surface area contributed by atoms with Crippen molar-refractivity contribution in [2.24, 2.45) is 11.7 Å². The summed E-state index contributed by atoms with van der Waals surface area (Å²) in [5.41, 5.74) is 5.61. The van der Waals surface area contributed by atoms with E-state index in [0.717, 1.165) is 25.7 Å². The van der Waals surface area contributed by atoms with Crippen molar-refractivity contribution >= 4 is 0 Å². The van der Waals surface area contributed by atoms with Gasteiger partial charge in [0, 0.05) is 19.7 Å². The Morgan fingerprint density at radius 3 is 2.67 bits per heavy atom. The number of hydrogen-bond donors (Lipinski definition) is 1. The minimum absolute atomic E-state index is 0.675. The molecule has 0 spiro atoms. The van der Waals surface area contributed by atoms with E-state index in [9.17, 15) is 0 Å². The molecule has 1 unspecified atom stereocenters. The third-order valence-corrected chi connectivity index (χ3v) is 3.19. The Morgan fingerprint density at radius 1 is 1.40 bits per heavy atom. The molecule has 90 valence electrons. The van der Waals surface area contributed by atoms with E-state index in [1.54, 1.807) is 7.11 Å². The Kier molecular flexibility index (Phi) is 6.22. The van der Waals surface area contributed by atoms with Crippen molar-refractivity contribution < 1.29 is 4.74 Å². The Labute approximate surface area is 94.0 Å². The van der Waals surface area contributed by atoms with E-state index in [1.807, 2.05) is 0 Å². The minimum atomic E-state index is 0.675. The second-order valence-corrected chi connectivity index (χ2v) is 4.74. The van der Waals surface area contributed by atoms with Gasteiger partial charge in [0.25, 0.3) is 0 Å². The molecule has 0 bridgehead atoms. The van der Waals surface area contributed by atoms with Gasteiger partial charge in [0.2, 0.25) is 0 Å². The summed E-state index contributed by atoms with van der Waals surface area (Å²) in [4.78, 5) is 2.58. The van der Waals surface area contributed by atoms with Crippen molar-refractivity contribution in [3.63, 3.8) is 0 Å². The molecule has 0 aliphatic heterocycles. The van der Waals surface area contributed by atoms with Crippen LogP contribution in [0.2, 0.25) is 0 Å². The second-order valence-electron chi connectivity index (χ2n) is 4.74. The molecule has 0 aromatic heterocycles. The zero-order valence-electron chi connectivity index (χ0n) is 10.2. The van der Waals surface area contributed by atoms with Gasteiger partial charge >= 0.3 is 0 Å². The van der Waals surface area contributed by atoms with E-state index in [4.69, 9.17) is 10.5 Å². The van der Waals surface area contributed by atoms with E-state index < -0.39 is 0 Å². The van der Waals surface area contributed by atoms with Gasteiger partial charge in [-0.25, -0.2) is 0 Å². The molecule has 0 aromatic rings. The maximum absolute atomic E-state index is 5.61. The molecule has 1 fully saturated rings. The van der Waals surface area contributed by atoms with Gasteiger partial charge in [-0.3, -0.25) is 4.90 Å². The highest BCUT2D eigenvalue weighted by atomic mass is 16.5. The van der Waals surface area contributed by atoms with Crippen LogP contribution in [0.3, 0.4) is 0 Å². The fraction of sp³-hybridized carbons (Fsp3) is 1.00. The number of nitrogens with two attached hydrogens (primary N) is 1. The van der Waals surface area contributed by atoms with Crippen LogP contribution in [-0.2, 0) is 4.74 Å². The van der Waals surface area contributed by atoms with Crippen molar-refractivity contribution in [3.8, 4) is 0 Å². The van der Waals surface area contributed by atoms with Crippen molar-refractivity contribution in [3.05, 3.63) is 0 Å².